The molecule has 7 nitrogen and oxygen atoms in total. The molecule has 1 saturated heterocycles. The quantitative estimate of drug-likeness (QED) is 0.555. The number of hydrogen-bond donors (Lipinski definition) is 1. The summed E-state index contributed by atoms with van der Waals surface area (Å²) < 4.78 is 19.5. The Morgan fingerprint density at radius 2 is 1.79 bits per heavy atom. The van der Waals surface area contributed by atoms with Crippen LogP contribution in [0, 0.1) is 5.82 Å². The fraction of sp³-hybridized carbons (Fsp3) is 0.211. The van der Waals surface area contributed by atoms with Crippen LogP contribution in [0.3, 0.4) is 0 Å². The van der Waals surface area contributed by atoms with Gasteiger partial charge in [0.25, 0.3) is 0 Å². The SMILES string of the molecule is O=C(c1nc(-c2cc(Br)c(O)c(Br)c2)no1)N1CCN(c2cccc(F)c2)CC1. The Labute approximate surface area is 182 Å². The van der Waals surface area contributed by atoms with Crippen molar-refractivity contribution in [2.75, 3.05) is 31.1 Å². The smallest absolute Gasteiger partial charge is 0.316 e. The first-order valence-corrected chi connectivity index (χ1v) is 10.3. The minimum absolute atomic E-state index is 0.0599. The van der Waals surface area contributed by atoms with Crippen LogP contribution >= 0.6 is 31.9 Å². The highest BCUT2D eigenvalue weighted by molar-refractivity contribution is 9.11. The first-order valence-electron chi connectivity index (χ1n) is 8.74. The van der Waals surface area contributed by atoms with Crippen molar-refractivity contribution in [3.8, 4) is 17.1 Å². The molecule has 29 heavy (non-hydrogen) atoms. The van der Waals surface area contributed by atoms with Gasteiger partial charge in [-0.2, -0.15) is 4.98 Å². The molecule has 0 radical (unpaired) electrons. The molecule has 0 saturated carbocycles. The van der Waals surface area contributed by atoms with E-state index in [1.807, 2.05) is 11.0 Å². The van der Waals surface area contributed by atoms with Gasteiger partial charge in [-0.25, -0.2) is 4.39 Å². The molecule has 1 aliphatic rings. The zero-order valence-corrected chi connectivity index (χ0v) is 18.2. The fourth-order valence-corrected chi connectivity index (χ4v) is 4.28. The molecule has 4 rings (SSSR count). The number of carbonyl (C=O) groups excluding carboxylic acids is 1. The van der Waals surface area contributed by atoms with E-state index in [4.69, 9.17) is 4.52 Å². The number of rotatable bonds is 3. The number of nitrogens with zero attached hydrogens (tertiary/aromatic N) is 4. The number of amides is 1. The molecule has 0 unspecified atom stereocenters. The summed E-state index contributed by atoms with van der Waals surface area (Å²) >= 11 is 6.50. The zero-order valence-electron chi connectivity index (χ0n) is 15.0. The van der Waals surface area contributed by atoms with E-state index in [1.54, 1.807) is 23.1 Å². The van der Waals surface area contributed by atoms with E-state index in [0.29, 0.717) is 40.7 Å². The van der Waals surface area contributed by atoms with Gasteiger partial charge >= 0.3 is 11.8 Å². The van der Waals surface area contributed by atoms with Gasteiger partial charge in [-0.3, -0.25) is 4.79 Å². The maximum absolute atomic E-state index is 13.4. The Morgan fingerprint density at radius 3 is 2.45 bits per heavy atom. The van der Waals surface area contributed by atoms with Crippen LogP contribution in [0.2, 0.25) is 0 Å². The number of piperazine rings is 1. The highest BCUT2D eigenvalue weighted by Gasteiger charge is 2.27. The maximum atomic E-state index is 13.4. The summed E-state index contributed by atoms with van der Waals surface area (Å²) in [6, 6.07) is 9.67. The van der Waals surface area contributed by atoms with Crippen LogP contribution < -0.4 is 4.90 Å². The van der Waals surface area contributed by atoms with Crippen LogP contribution in [0.4, 0.5) is 10.1 Å². The Hall–Kier alpha value is -2.46. The topological polar surface area (TPSA) is 82.7 Å². The van der Waals surface area contributed by atoms with Crippen molar-refractivity contribution in [2.45, 2.75) is 0 Å². The number of phenolic OH excluding ortho intramolecular Hbond substituents is 1. The number of aromatic hydroxyl groups is 1. The molecule has 1 aromatic heterocycles. The average Bonchev–Trinajstić information content (AvgIpc) is 3.21. The van der Waals surface area contributed by atoms with Crippen LogP contribution in [0.15, 0.2) is 49.9 Å². The first-order chi connectivity index (χ1) is 13.9. The molecule has 0 spiro atoms. The molecular formula is C19H15Br2FN4O3. The van der Waals surface area contributed by atoms with Crippen molar-refractivity contribution >= 4 is 43.5 Å². The lowest BCUT2D eigenvalue weighted by Crippen LogP contribution is -2.48. The maximum Gasteiger partial charge on any atom is 0.316 e. The summed E-state index contributed by atoms with van der Waals surface area (Å²) in [6.07, 6.45) is 0. The van der Waals surface area contributed by atoms with Crippen molar-refractivity contribution in [3.05, 3.63) is 57.1 Å². The number of halogens is 3. The van der Waals surface area contributed by atoms with Crippen LogP contribution in [0.1, 0.15) is 10.7 Å². The van der Waals surface area contributed by atoms with Gasteiger partial charge in [0, 0.05) is 37.4 Å². The third kappa shape index (κ3) is 4.13. The number of anilines is 1. The zero-order chi connectivity index (χ0) is 20.5. The Kier molecular flexibility index (Phi) is 5.55. The van der Waals surface area contributed by atoms with Crippen molar-refractivity contribution < 1.29 is 18.8 Å². The number of hydrogen-bond acceptors (Lipinski definition) is 6. The lowest BCUT2D eigenvalue weighted by atomic mass is 10.2. The molecule has 0 aliphatic carbocycles. The molecule has 1 amide bonds. The Balaban J connectivity index is 1.45. The van der Waals surface area contributed by atoms with Gasteiger partial charge < -0.3 is 19.4 Å². The summed E-state index contributed by atoms with van der Waals surface area (Å²) in [5.74, 6) is -0.427. The van der Waals surface area contributed by atoms with Crippen LogP contribution in [-0.4, -0.2) is 52.2 Å². The van der Waals surface area contributed by atoms with Gasteiger partial charge in [0.1, 0.15) is 11.6 Å². The molecule has 0 bridgehead atoms. The molecule has 1 N–H and O–H groups in total. The number of benzene rings is 2. The van der Waals surface area contributed by atoms with E-state index in [-0.39, 0.29) is 29.2 Å². The second-order valence-electron chi connectivity index (χ2n) is 6.47. The molecule has 0 atom stereocenters. The van der Waals surface area contributed by atoms with Crippen molar-refractivity contribution in [1.29, 1.82) is 0 Å². The van der Waals surface area contributed by atoms with E-state index in [1.165, 1.54) is 12.1 Å². The monoisotopic (exact) mass is 524 g/mol. The lowest BCUT2D eigenvalue weighted by molar-refractivity contribution is 0.0696. The second kappa shape index (κ2) is 8.11. The Bertz CT molecular complexity index is 1040. The van der Waals surface area contributed by atoms with E-state index >= 15 is 0 Å². The van der Waals surface area contributed by atoms with Crippen LogP contribution in [0.5, 0.6) is 5.75 Å². The van der Waals surface area contributed by atoms with Gasteiger partial charge in [-0.05, 0) is 62.2 Å². The standard InChI is InChI=1S/C19H15Br2FN4O3/c20-14-8-11(9-15(21)16(14)27)17-23-18(29-24-17)19(28)26-6-4-25(5-7-26)13-3-1-2-12(22)10-13/h1-3,8-10,27H,4-7H2. The minimum atomic E-state index is -0.348. The molecule has 2 heterocycles. The summed E-state index contributed by atoms with van der Waals surface area (Å²) in [5, 5.41) is 13.7. The van der Waals surface area contributed by atoms with Gasteiger partial charge in [0.15, 0.2) is 0 Å². The summed E-state index contributed by atoms with van der Waals surface area (Å²) in [5.41, 5.74) is 1.38. The second-order valence-corrected chi connectivity index (χ2v) is 8.18. The largest absolute Gasteiger partial charge is 0.506 e. The number of aromatic nitrogens is 2. The van der Waals surface area contributed by atoms with E-state index in [0.717, 1.165) is 5.69 Å². The summed E-state index contributed by atoms with van der Waals surface area (Å²) in [6.45, 7) is 2.08. The van der Waals surface area contributed by atoms with Crippen molar-refractivity contribution in [1.82, 2.24) is 15.0 Å². The molecule has 10 heteroatoms. The first kappa shape index (κ1) is 19.8. The molecule has 2 aromatic carbocycles. The molecule has 150 valence electrons. The molecule has 1 fully saturated rings. The lowest BCUT2D eigenvalue weighted by Gasteiger charge is -2.35. The normalized spacial score (nSPS) is 14.3. The van der Waals surface area contributed by atoms with Crippen LogP contribution in [-0.2, 0) is 0 Å². The third-order valence-electron chi connectivity index (χ3n) is 4.62. The summed E-state index contributed by atoms with van der Waals surface area (Å²) in [4.78, 5) is 20.6. The van der Waals surface area contributed by atoms with Gasteiger partial charge in [0.2, 0.25) is 5.82 Å². The third-order valence-corrected chi connectivity index (χ3v) is 5.83. The number of carbonyl (C=O) groups is 1. The highest BCUT2D eigenvalue weighted by Crippen LogP contribution is 2.36. The molecular weight excluding hydrogens is 511 g/mol. The van der Waals surface area contributed by atoms with Crippen molar-refractivity contribution in [3.63, 3.8) is 0 Å². The van der Waals surface area contributed by atoms with E-state index in [2.05, 4.69) is 42.0 Å². The fourth-order valence-electron chi connectivity index (χ4n) is 3.10. The van der Waals surface area contributed by atoms with Crippen LogP contribution in [0.25, 0.3) is 11.4 Å². The highest BCUT2D eigenvalue weighted by atomic mass is 79.9. The predicted octanol–water partition coefficient (Wildman–Crippen LogP) is 4.07. The molecule has 3 aromatic rings. The van der Waals surface area contributed by atoms with E-state index in [9.17, 15) is 14.3 Å². The predicted molar refractivity (Wildman–Crippen MR) is 111 cm³/mol. The Morgan fingerprint density at radius 1 is 1.10 bits per heavy atom. The number of phenols is 1. The van der Waals surface area contributed by atoms with E-state index < -0.39 is 0 Å². The van der Waals surface area contributed by atoms with Crippen molar-refractivity contribution in [2.24, 2.45) is 0 Å². The van der Waals surface area contributed by atoms with Gasteiger partial charge in [-0.1, -0.05) is 11.2 Å². The minimum Gasteiger partial charge on any atom is -0.506 e. The van der Waals surface area contributed by atoms with Gasteiger partial charge in [-0.15, -0.1) is 0 Å². The molecule has 1 aliphatic heterocycles. The van der Waals surface area contributed by atoms with Gasteiger partial charge in [0.05, 0.1) is 8.95 Å². The summed E-state index contributed by atoms with van der Waals surface area (Å²) in [7, 11) is 0. The average molecular weight is 526 g/mol.